The summed E-state index contributed by atoms with van der Waals surface area (Å²) < 4.78 is 0. The molecule has 0 saturated heterocycles. The van der Waals surface area contributed by atoms with Crippen molar-refractivity contribution in [2.75, 3.05) is 7.05 Å². The van der Waals surface area contributed by atoms with E-state index in [1.807, 2.05) is 0 Å². The topological polar surface area (TPSA) is 89.8 Å². The molecule has 4 N–H and O–H groups in total. The lowest BCUT2D eigenvalue weighted by Crippen LogP contribution is -2.49. The fourth-order valence-corrected chi connectivity index (χ4v) is 0.662. The number of likely N-dealkylation sites (N-methyl/N-ethyl adjacent to an activating group) is 1. The Morgan fingerprint density at radius 2 is 2.00 bits per heavy atom. The second-order valence-electron chi connectivity index (χ2n) is 2.16. The van der Waals surface area contributed by atoms with Crippen LogP contribution < -0.4 is 5.32 Å². The van der Waals surface area contributed by atoms with Gasteiger partial charge in [-0.3, -0.25) is 4.79 Å². The quantitative estimate of drug-likeness (QED) is 0.392. The van der Waals surface area contributed by atoms with Gasteiger partial charge in [-0.25, -0.2) is 0 Å². The second-order valence-corrected chi connectivity index (χ2v) is 2.16. The van der Waals surface area contributed by atoms with Crippen LogP contribution in [0.1, 0.15) is 0 Å². The molecule has 0 aromatic carbocycles. The first-order valence-corrected chi connectivity index (χ1v) is 3.10. The van der Waals surface area contributed by atoms with E-state index in [1.165, 1.54) is 7.05 Å². The molecule has 0 saturated carbocycles. The summed E-state index contributed by atoms with van der Waals surface area (Å²) in [5, 5.41) is 28.5. The van der Waals surface area contributed by atoms with Crippen LogP contribution >= 0.6 is 0 Å². The monoisotopic (exact) mass is 162 g/mol. The molecule has 3 unspecified atom stereocenters. The van der Waals surface area contributed by atoms with Crippen LogP contribution in [0.15, 0.2) is 0 Å². The Kier molecular flexibility index (Phi) is 4.02. The van der Waals surface area contributed by atoms with Crippen LogP contribution in [0.25, 0.3) is 0 Å². The van der Waals surface area contributed by atoms with Crippen LogP contribution in [0.4, 0.5) is 0 Å². The average Bonchev–Trinajstić information content (AvgIpc) is 1.88. The first-order valence-electron chi connectivity index (χ1n) is 3.10. The van der Waals surface area contributed by atoms with Crippen molar-refractivity contribution in [2.24, 2.45) is 0 Å². The van der Waals surface area contributed by atoms with Crippen LogP contribution in [0.2, 0.25) is 0 Å². The number of hydrogen-bond donors (Lipinski definition) is 4. The van der Waals surface area contributed by atoms with E-state index in [9.17, 15) is 4.79 Å². The van der Waals surface area contributed by atoms with Gasteiger partial charge >= 0.3 is 5.97 Å². The van der Waals surface area contributed by atoms with Crippen molar-refractivity contribution < 1.29 is 20.1 Å². The molecule has 0 aliphatic rings. The van der Waals surface area contributed by atoms with E-state index in [1.54, 1.807) is 0 Å². The molecule has 0 bridgehead atoms. The highest BCUT2D eigenvalue weighted by Crippen LogP contribution is 1.98. The molecule has 0 aliphatic heterocycles. The summed E-state index contributed by atoms with van der Waals surface area (Å²) in [4.78, 5) is 10.3. The maximum absolute atomic E-state index is 10.3. The van der Waals surface area contributed by atoms with E-state index < -0.39 is 24.2 Å². The SMILES string of the molecule is [CH2]C(O)C(O)C(NC)C(=O)O. The van der Waals surface area contributed by atoms with Gasteiger partial charge in [0.2, 0.25) is 0 Å². The van der Waals surface area contributed by atoms with Crippen LogP contribution in [0.3, 0.4) is 0 Å². The molecule has 0 aromatic rings. The van der Waals surface area contributed by atoms with Crippen molar-refractivity contribution in [3.63, 3.8) is 0 Å². The van der Waals surface area contributed by atoms with Gasteiger partial charge in [0.25, 0.3) is 0 Å². The van der Waals surface area contributed by atoms with Crippen molar-refractivity contribution in [2.45, 2.75) is 18.2 Å². The molecule has 5 heteroatoms. The van der Waals surface area contributed by atoms with E-state index >= 15 is 0 Å². The third kappa shape index (κ3) is 2.83. The first kappa shape index (κ1) is 10.3. The summed E-state index contributed by atoms with van der Waals surface area (Å²) >= 11 is 0. The van der Waals surface area contributed by atoms with Gasteiger partial charge in [-0.05, 0) is 14.0 Å². The highest BCUT2D eigenvalue weighted by atomic mass is 16.4. The van der Waals surface area contributed by atoms with Gasteiger partial charge in [0, 0.05) is 0 Å². The van der Waals surface area contributed by atoms with Gasteiger partial charge in [-0.2, -0.15) is 0 Å². The van der Waals surface area contributed by atoms with Gasteiger partial charge < -0.3 is 20.6 Å². The molecule has 0 spiro atoms. The molecular weight excluding hydrogens is 150 g/mol. The molecule has 5 nitrogen and oxygen atoms in total. The minimum atomic E-state index is -1.39. The third-order valence-corrected chi connectivity index (χ3v) is 1.31. The number of hydrogen-bond acceptors (Lipinski definition) is 4. The zero-order valence-corrected chi connectivity index (χ0v) is 6.19. The Bertz CT molecular complexity index is 137. The van der Waals surface area contributed by atoms with E-state index in [2.05, 4.69) is 12.2 Å². The van der Waals surface area contributed by atoms with E-state index in [0.717, 1.165) is 0 Å². The van der Waals surface area contributed by atoms with Gasteiger partial charge in [-0.1, -0.05) is 0 Å². The zero-order chi connectivity index (χ0) is 9.02. The summed E-state index contributed by atoms with van der Waals surface area (Å²) in [7, 11) is 1.38. The van der Waals surface area contributed by atoms with Crippen molar-refractivity contribution in [1.29, 1.82) is 0 Å². The van der Waals surface area contributed by atoms with Crippen molar-refractivity contribution in [1.82, 2.24) is 5.32 Å². The normalized spacial score (nSPS) is 18.9. The van der Waals surface area contributed by atoms with Crippen LogP contribution in [0, 0.1) is 6.92 Å². The fourth-order valence-electron chi connectivity index (χ4n) is 0.662. The highest BCUT2D eigenvalue weighted by molar-refractivity contribution is 5.74. The Labute approximate surface area is 64.7 Å². The van der Waals surface area contributed by atoms with Crippen molar-refractivity contribution in [3.05, 3.63) is 6.92 Å². The zero-order valence-electron chi connectivity index (χ0n) is 6.19. The van der Waals surface area contributed by atoms with Crippen molar-refractivity contribution in [3.8, 4) is 0 Å². The minimum absolute atomic E-state index is 1.18. The Hall–Kier alpha value is -0.650. The molecule has 65 valence electrons. The number of aliphatic hydroxyl groups is 2. The molecule has 0 fully saturated rings. The average molecular weight is 162 g/mol. The second kappa shape index (κ2) is 4.27. The molecule has 0 amide bonds. The maximum atomic E-state index is 10.3. The van der Waals surface area contributed by atoms with Crippen LogP contribution in [0.5, 0.6) is 0 Å². The van der Waals surface area contributed by atoms with E-state index in [4.69, 9.17) is 15.3 Å². The molecule has 1 radical (unpaired) electrons. The lowest BCUT2D eigenvalue weighted by atomic mass is 10.1. The third-order valence-electron chi connectivity index (χ3n) is 1.31. The number of carbonyl (C=O) groups is 1. The number of aliphatic carboxylic acids is 1. The smallest absolute Gasteiger partial charge is 0.323 e. The Morgan fingerprint density at radius 1 is 1.55 bits per heavy atom. The number of carboxylic acids is 1. The molecular formula is C6H12NO4. The molecule has 0 aliphatic carbocycles. The van der Waals surface area contributed by atoms with Gasteiger partial charge in [0.05, 0.1) is 6.10 Å². The minimum Gasteiger partial charge on any atom is -0.480 e. The summed E-state index contributed by atoms with van der Waals surface area (Å²) in [5.74, 6) is -1.22. The number of rotatable bonds is 4. The Balaban J connectivity index is 4.14. The predicted molar refractivity (Wildman–Crippen MR) is 37.9 cm³/mol. The maximum Gasteiger partial charge on any atom is 0.323 e. The van der Waals surface area contributed by atoms with Gasteiger partial charge in [0.15, 0.2) is 0 Å². The summed E-state index contributed by atoms with van der Waals surface area (Å²) in [6.45, 7) is 3.09. The number of aliphatic hydroxyl groups excluding tert-OH is 2. The fraction of sp³-hybridized carbons (Fsp3) is 0.667. The number of nitrogens with one attached hydrogen (secondary N) is 1. The molecule has 11 heavy (non-hydrogen) atoms. The first-order chi connectivity index (χ1) is 5.00. The molecule has 0 aromatic heterocycles. The molecule has 0 heterocycles. The highest BCUT2D eigenvalue weighted by Gasteiger charge is 2.27. The number of carboxylic acid groups (broad SMARTS) is 1. The molecule has 0 rings (SSSR count). The lowest BCUT2D eigenvalue weighted by molar-refractivity contribution is -0.144. The Morgan fingerprint density at radius 3 is 2.09 bits per heavy atom. The van der Waals surface area contributed by atoms with E-state index in [0.29, 0.717) is 0 Å². The standard InChI is InChI=1S/C6H12NO4/c1-3(8)5(9)4(7-2)6(10)11/h3-5,7-9H,1H2,2H3,(H,10,11). The van der Waals surface area contributed by atoms with Gasteiger partial charge in [0.1, 0.15) is 12.1 Å². The summed E-state index contributed by atoms with van der Waals surface area (Å²) in [6.07, 6.45) is -2.69. The predicted octanol–water partition coefficient (Wildman–Crippen LogP) is -1.79. The van der Waals surface area contributed by atoms with Crippen LogP contribution in [-0.4, -0.2) is 46.6 Å². The summed E-state index contributed by atoms with van der Waals surface area (Å²) in [6, 6.07) is -1.18. The lowest BCUT2D eigenvalue weighted by Gasteiger charge is -2.20. The van der Waals surface area contributed by atoms with Crippen molar-refractivity contribution >= 4 is 5.97 Å². The molecule has 3 atom stereocenters. The largest absolute Gasteiger partial charge is 0.480 e. The summed E-state index contributed by atoms with van der Waals surface area (Å²) in [5.41, 5.74) is 0. The van der Waals surface area contributed by atoms with E-state index in [-0.39, 0.29) is 0 Å². The van der Waals surface area contributed by atoms with Gasteiger partial charge in [-0.15, -0.1) is 0 Å². The van der Waals surface area contributed by atoms with Crippen LogP contribution in [-0.2, 0) is 4.79 Å².